The van der Waals surface area contributed by atoms with Gasteiger partial charge in [-0.1, -0.05) is 12.1 Å². The standard InChI is InChI=1S/C18H22N2O2/c21-17-16-5-1-4-14(15(16)8-9-19-17)13-3-2-10-20(11-13)18(22)12-6-7-12/h1,4-5,12-13H,2-3,6-11H2,(H,19,21). The van der Waals surface area contributed by atoms with Crippen molar-refractivity contribution >= 4 is 11.8 Å². The molecule has 22 heavy (non-hydrogen) atoms. The molecule has 1 aromatic carbocycles. The first-order valence-electron chi connectivity index (χ1n) is 8.43. The number of nitrogens with zero attached hydrogens (tertiary/aromatic N) is 1. The van der Waals surface area contributed by atoms with Gasteiger partial charge in [0.05, 0.1) is 0 Å². The molecule has 116 valence electrons. The van der Waals surface area contributed by atoms with Crippen molar-refractivity contribution in [3.8, 4) is 0 Å². The Kier molecular flexibility index (Phi) is 3.40. The lowest BCUT2D eigenvalue weighted by Crippen LogP contribution is -2.40. The third-order valence-electron chi connectivity index (χ3n) is 5.22. The summed E-state index contributed by atoms with van der Waals surface area (Å²) < 4.78 is 0. The Morgan fingerprint density at radius 1 is 1.23 bits per heavy atom. The molecule has 2 amide bonds. The van der Waals surface area contributed by atoms with Crippen molar-refractivity contribution in [1.29, 1.82) is 0 Å². The van der Waals surface area contributed by atoms with E-state index in [9.17, 15) is 9.59 Å². The van der Waals surface area contributed by atoms with Crippen molar-refractivity contribution in [2.24, 2.45) is 5.92 Å². The second-order valence-electron chi connectivity index (χ2n) is 6.78. The summed E-state index contributed by atoms with van der Waals surface area (Å²) >= 11 is 0. The normalized spacial score (nSPS) is 24.6. The van der Waals surface area contributed by atoms with Crippen molar-refractivity contribution in [1.82, 2.24) is 10.2 Å². The Bertz CT molecular complexity index is 622. The van der Waals surface area contributed by atoms with Gasteiger partial charge in [0, 0.05) is 37.0 Å². The highest BCUT2D eigenvalue weighted by molar-refractivity contribution is 5.97. The van der Waals surface area contributed by atoms with Gasteiger partial charge in [0.25, 0.3) is 5.91 Å². The number of carbonyl (C=O) groups excluding carboxylic acids is 2. The van der Waals surface area contributed by atoms with Gasteiger partial charge in [-0.2, -0.15) is 0 Å². The molecule has 1 aliphatic carbocycles. The molecule has 3 aliphatic rings. The van der Waals surface area contributed by atoms with Crippen LogP contribution in [0.4, 0.5) is 0 Å². The van der Waals surface area contributed by atoms with E-state index in [1.54, 1.807) is 0 Å². The highest BCUT2D eigenvalue weighted by Crippen LogP contribution is 2.36. The van der Waals surface area contributed by atoms with Crippen molar-refractivity contribution in [2.75, 3.05) is 19.6 Å². The monoisotopic (exact) mass is 298 g/mol. The van der Waals surface area contributed by atoms with Gasteiger partial charge in [0.15, 0.2) is 0 Å². The highest BCUT2D eigenvalue weighted by atomic mass is 16.2. The van der Waals surface area contributed by atoms with Crippen molar-refractivity contribution < 1.29 is 9.59 Å². The first kappa shape index (κ1) is 13.8. The lowest BCUT2D eigenvalue weighted by Gasteiger charge is -2.35. The summed E-state index contributed by atoms with van der Waals surface area (Å²) in [5.41, 5.74) is 3.33. The van der Waals surface area contributed by atoms with Crippen LogP contribution >= 0.6 is 0 Å². The van der Waals surface area contributed by atoms with Gasteiger partial charge in [0.2, 0.25) is 5.91 Å². The Balaban J connectivity index is 1.60. The summed E-state index contributed by atoms with van der Waals surface area (Å²) in [4.78, 5) is 26.4. The molecule has 4 heteroatoms. The van der Waals surface area contributed by atoms with Crippen LogP contribution in [0, 0.1) is 5.92 Å². The number of hydrogen-bond donors (Lipinski definition) is 1. The third kappa shape index (κ3) is 2.40. The van der Waals surface area contributed by atoms with E-state index >= 15 is 0 Å². The Morgan fingerprint density at radius 2 is 2.09 bits per heavy atom. The average molecular weight is 298 g/mol. The fourth-order valence-corrected chi connectivity index (χ4v) is 3.89. The Hall–Kier alpha value is -1.84. The first-order chi connectivity index (χ1) is 10.7. The van der Waals surface area contributed by atoms with Crippen LogP contribution in [0.5, 0.6) is 0 Å². The molecule has 0 spiro atoms. The smallest absolute Gasteiger partial charge is 0.251 e. The zero-order valence-corrected chi connectivity index (χ0v) is 12.8. The minimum Gasteiger partial charge on any atom is -0.352 e. The molecule has 2 aliphatic heterocycles. The molecular weight excluding hydrogens is 276 g/mol. The lowest BCUT2D eigenvalue weighted by molar-refractivity contribution is -0.133. The molecule has 4 rings (SSSR count). The molecular formula is C18H22N2O2. The fraction of sp³-hybridized carbons (Fsp3) is 0.556. The molecule has 1 unspecified atom stereocenters. The average Bonchev–Trinajstić information content (AvgIpc) is 3.39. The summed E-state index contributed by atoms with van der Waals surface area (Å²) in [6, 6.07) is 6.07. The minimum atomic E-state index is 0.0461. The lowest BCUT2D eigenvalue weighted by atomic mass is 9.83. The van der Waals surface area contributed by atoms with Crippen LogP contribution in [-0.4, -0.2) is 36.3 Å². The van der Waals surface area contributed by atoms with Gasteiger partial charge in [0.1, 0.15) is 0 Å². The maximum Gasteiger partial charge on any atom is 0.251 e. The summed E-state index contributed by atoms with van der Waals surface area (Å²) in [5.74, 6) is 1.09. The molecule has 2 fully saturated rings. The number of benzene rings is 1. The fourth-order valence-electron chi connectivity index (χ4n) is 3.89. The van der Waals surface area contributed by atoms with E-state index in [1.807, 2.05) is 12.1 Å². The molecule has 2 heterocycles. The van der Waals surface area contributed by atoms with Crippen LogP contribution in [0.1, 0.15) is 53.1 Å². The van der Waals surface area contributed by atoms with E-state index in [-0.39, 0.29) is 5.91 Å². The van der Waals surface area contributed by atoms with Crippen molar-refractivity contribution in [3.63, 3.8) is 0 Å². The second-order valence-corrected chi connectivity index (χ2v) is 6.78. The minimum absolute atomic E-state index is 0.0461. The molecule has 1 aromatic rings. The summed E-state index contributed by atoms with van der Waals surface area (Å²) in [6.07, 6.45) is 5.23. The van der Waals surface area contributed by atoms with Crippen LogP contribution in [0.2, 0.25) is 0 Å². The van der Waals surface area contributed by atoms with Crippen molar-refractivity contribution in [3.05, 3.63) is 34.9 Å². The number of likely N-dealkylation sites (tertiary alicyclic amines) is 1. The van der Waals surface area contributed by atoms with E-state index in [4.69, 9.17) is 0 Å². The third-order valence-corrected chi connectivity index (χ3v) is 5.22. The maximum absolute atomic E-state index is 12.3. The summed E-state index contributed by atoms with van der Waals surface area (Å²) in [5, 5.41) is 2.92. The number of amides is 2. The molecule has 0 aromatic heterocycles. The predicted molar refractivity (Wildman–Crippen MR) is 83.8 cm³/mol. The van der Waals surface area contributed by atoms with E-state index in [0.717, 1.165) is 57.3 Å². The highest BCUT2D eigenvalue weighted by Gasteiger charge is 2.36. The number of fused-ring (bicyclic) bond motifs is 1. The zero-order chi connectivity index (χ0) is 15.1. The van der Waals surface area contributed by atoms with Crippen LogP contribution in [0.3, 0.4) is 0 Å². The zero-order valence-electron chi connectivity index (χ0n) is 12.8. The quantitative estimate of drug-likeness (QED) is 0.909. The largest absolute Gasteiger partial charge is 0.352 e. The first-order valence-corrected chi connectivity index (χ1v) is 8.43. The number of carbonyl (C=O) groups is 2. The molecule has 0 radical (unpaired) electrons. The van der Waals surface area contributed by atoms with E-state index in [2.05, 4.69) is 16.3 Å². The van der Waals surface area contributed by atoms with Crippen LogP contribution in [0.25, 0.3) is 0 Å². The second kappa shape index (κ2) is 5.41. The van der Waals surface area contributed by atoms with Gasteiger partial charge in [-0.15, -0.1) is 0 Å². The van der Waals surface area contributed by atoms with Crippen molar-refractivity contribution in [2.45, 2.75) is 38.0 Å². The molecule has 1 saturated carbocycles. The van der Waals surface area contributed by atoms with Crippen LogP contribution < -0.4 is 5.32 Å². The molecule has 4 nitrogen and oxygen atoms in total. The van der Waals surface area contributed by atoms with E-state index < -0.39 is 0 Å². The van der Waals surface area contributed by atoms with E-state index in [1.165, 1.54) is 11.1 Å². The topological polar surface area (TPSA) is 49.4 Å². The van der Waals surface area contributed by atoms with Gasteiger partial charge >= 0.3 is 0 Å². The number of hydrogen-bond acceptors (Lipinski definition) is 2. The maximum atomic E-state index is 12.3. The predicted octanol–water partition coefficient (Wildman–Crippen LogP) is 2.09. The Morgan fingerprint density at radius 3 is 2.91 bits per heavy atom. The number of rotatable bonds is 2. The van der Waals surface area contributed by atoms with Crippen LogP contribution in [0.15, 0.2) is 18.2 Å². The number of piperidine rings is 1. The molecule has 1 atom stereocenters. The van der Waals surface area contributed by atoms with Gasteiger partial charge in [-0.05, 0) is 49.3 Å². The SMILES string of the molecule is O=C1NCCc2c1cccc2C1CCCN(C(=O)C2CC2)C1. The summed E-state index contributed by atoms with van der Waals surface area (Å²) in [6.45, 7) is 2.45. The number of nitrogens with one attached hydrogen (secondary N) is 1. The molecule has 0 bridgehead atoms. The van der Waals surface area contributed by atoms with Gasteiger partial charge < -0.3 is 10.2 Å². The molecule has 1 N–H and O–H groups in total. The van der Waals surface area contributed by atoms with E-state index in [0.29, 0.717) is 17.7 Å². The van der Waals surface area contributed by atoms with Gasteiger partial charge in [-0.3, -0.25) is 9.59 Å². The molecule has 1 saturated heterocycles. The summed E-state index contributed by atoms with van der Waals surface area (Å²) in [7, 11) is 0. The van der Waals surface area contributed by atoms with Crippen LogP contribution in [-0.2, 0) is 11.2 Å². The Labute approximate surface area is 130 Å². The van der Waals surface area contributed by atoms with Gasteiger partial charge in [-0.25, -0.2) is 0 Å².